The van der Waals surface area contributed by atoms with E-state index in [1.54, 1.807) is 26.0 Å². The zero-order valence-electron chi connectivity index (χ0n) is 17.6. The van der Waals surface area contributed by atoms with E-state index in [0.717, 1.165) is 40.1 Å². The Morgan fingerprint density at radius 1 is 1.07 bits per heavy atom. The zero-order chi connectivity index (χ0) is 21.3. The SMILES string of the molecule is COc1ccc(CCNC(=O)c2nn(C)c3c2Cc2cc(OC)c(OC)cc2-3)cc1. The lowest BCUT2D eigenvalue weighted by Crippen LogP contribution is -2.27. The number of benzene rings is 2. The minimum Gasteiger partial charge on any atom is -0.497 e. The van der Waals surface area contributed by atoms with Gasteiger partial charge in [0.15, 0.2) is 17.2 Å². The second kappa shape index (κ2) is 8.10. The number of rotatable bonds is 7. The Bertz CT molecular complexity index is 1090. The van der Waals surface area contributed by atoms with E-state index in [4.69, 9.17) is 14.2 Å². The molecule has 0 unspecified atom stereocenters. The third-order valence-electron chi connectivity index (χ3n) is 5.45. The van der Waals surface area contributed by atoms with E-state index in [1.165, 1.54) is 0 Å². The first-order valence-electron chi connectivity index (χ1n) is 9.78. The molecule has 7 nitrogen and oxygen atoms in total. The summed E-state index contributed by atoms with van der Waals surface area (Å²) in [5.74, 6) is 2.00. The average molecular weight is 407 g/mol. The van der Waals surface area contributed by atoms with Crippen molar-refractivity contribution in [3.05, 3.63) is 58.8 Å². The van der Waals surface area contributed by atoms with Crippen molar-refractivity contribution >= 4 is 5.91 Å². The molecule has 0 atom stereocenters. The van der Waals surface area contributed by atoms with Crippen LogP contribution in [0.3, 0.4) is 0 Å². The number of fused-ring (bicyclic) bond motifs is 3. The van der Waals surface area contributed by atoms with Crippen molar-refractivity contribution in [2.45, 2.75) is 12.8 Å². The van der Waals surface area contributed by atoms with E-state index in [1.807, 2.05) is 43.4 Å². The summed E-state index contributed by atoms with van der Waals surface area (Å²) in [5.41, 5.74) is 5.61. The molecule has 1 N–H and O–H groups in total. The fourth-order valence-electron chi connectivity index (χ4n) is 3.93. The molecule has 1 aliphatic rings. The Labute approximate surface area is 175 Å². The topological polar surface area (TPSA) is 74.6 Å². The molecular formula is C23H25N3O4. The first-order chi connectivity index (χ1) is 14.5. The highest BCUT2D eigenvalue weighted by Gasteiger charge is 2.30. The van der Waals surface area contributed by atoms with Crippen LogP contribution in [-0.4, -0.2) is 43.6 Å². The van der Waals surface area contributed by atoms with Crippen molar-refractivity contribution in [3.63, 3.8) is 0 Å². The maximum Gasteiger partial charge on any atom is 0.272 e. The van der Waals surface area contributed by atoms with E-state index in [9.17, 15) is 4.79 Å². The van der Waals surface area contributed by atoms with Gasteiger partial charge in [-0.3, -0.25) is 9.48 Å². The summed E-state index contributed by atoms with van der Waals surface area (Å²) >= 11 is 0. The Kier molecular flexibility index (Phi) is 5.35. The molecule has 0 radical (unpaired) electrons. The van der Waals surface area contributed by atoms with Gasteiger partial charge in [-0.05, 0) is 41.8 Å². The maximum absolute atomic E-state index is 12.8. The third kappa shape index (κ3) is 3.47. The van der Waals surface area contributed by atoms with Crippen LogP contribution in [0, 0.1) is 0 Å². The number of methoxy groups -OCH3 is 3. The van der Waals surface area contributed by atoms with Crippen LogP contribution in [0.15, 0.2) is 36.4 Å². The number of amides is 1. The predicted octanol–water partition coefficient (Wildman–Crippen LogP) is 2.99. The number of aromatic nitrogens is 2. The molecule has 1 heterocycles. The van der Waals surface area contributed by atoms with Crippen LogP contribution < -0.4 is 19.5 Å². The molecule has 4 rings (SSSR count). The van der Waals surface area contributed by atoms with Crippen molar-refractivity contribution in [2.75, 3.05) is 27.9 Å². The largest absolute Gasteiger partial charge is 0.497 e. The lowest BCUT2D eigenvalue weighted by Gasteiger charge is -2.11. The average Bonchev–Trinajstić information content (AvgIpc) is 3.29. The number of carbonyl (C=O) groups excluding carboxylic acids is 1. The number of nitrogens with one attached hydrogen (secondary N) is 1. The van der Waals surface area contributed by atoms with Gasteiger partial charge < -0.3 is 19.5 Å². The van der Waals surface area contributed by atoms with E-state index in [-0.39, 0.29) is 5.91 Å². The number of hydrogen-bond donors (Lipinski definition) is 1. The Morgan fingerprint density at radius 3 is 2.43 bits per heavy atom. The first kappa shape index (κ1) is 19.8. The van der Waals surface area contributed by atoms with E-state index in [2.05, 4.69) is 10.4 Å². The van der Waals surface area contributed by atoms with Crippen molar-refractivity contribution in [1.82, 2.24) is 15.1 Å². The third-order valence-corrected chi connectivity index (χ3v) is 5.45. The zero-order valence-corrected chi connectivity index (χ0v) is 17.6. The van der Waals surface area contributed by atoms with Crippen LogP contribution in [0.1, 0.15) is 27.2 Å². The molecule has 1 aromatic heterocycles. The van der Waals surface area contributed by atoms with Crippen LogP contribution in [0.5, 0.6) is 17.2 Å². The van der Waals surface area contributed by atoms with Crippen molar-refractivity contribution in [2.24, 2.45) is 7.05 Å². The fourth-order valence-corrected chi connectivity index (χ4v) is 3.93. The second-order valence-corrected chi connectivity index (χ2v) is 7.19. The van der Waals surface area contributed by atoms with Gasteiger partial charge in [-0.2, -0.15) is 5.10 Å². The van der Waals surface area contributed by atoms with Crippen molar-refractivity contribution in [3.8, 4) is 28.5 Å². The molecule has 1 amide bonds. The number of hydrogen-bond acceptors (Lipinski definition) is 5. The minimum absolute atomic E-state index is 0.160. The lowest BCUT2D eigenvalue weighted by atomic mass is 10.1. The quantitative estimate of drug-likeness (QED) is 0.510. The summed E-state index contributed by atoms with van der Waals surface area (Å²) < 4.78 is 17.8. The van der Waals surface area contributed by atoms with Gasteiger partial charge in [-0.25, -0.2) is 0 Å². The smallest absolute Gasteiger partial charge is 0.272 e. The van der Waals surface area contributed by atoms with E-state index >= 15 is 0 Å². The molecular weight excluding hydrogens is 382 g/mol. The minimum atomic E-state index is -0.160. The standard InChI is InChI=1S/C23H25N3O4/c1-26-22-17-13-20(30-4)19(29-3)12-15(17)11-18(22)21(25-26)23(27)24-10-9-14-5-7-16(28-2)8-6-14/h5-8,12-13H,9-11H2,1-4H3,(H,24,27). The van der Waals surface area contributed by atoms with Crippen LogP contribution in [0.4, 0.5) is 0 Å². The van der Waals surface area contributed by atoms with Gasteiger partial charge >= 0.3 is 0 Å². The molecule has 0 saturated heterocycles. The molecule has 0 bridgehead atoms. The molecule has 0 saturated carbocycles. The lowest BCUT2D eigenvalue weighted by molar-refractivity contribution is 0.0947. The van der Waals surface area contributed by atoms with Crippen LogP contribution >= 0.6 is 0 Å². The van der Waals surface area contributed by atoms with Gasteiger partial charge in [-0.1, -0.05) is 12.1 Å². The van der Waals surface area contributed by atoms with Crippen LogP contribution in [0.2, 0.25) is 0 Å². The maximum atomic E-state index is 12.8. The highest BCUT2D eigenvalue weighted by molar-refractivity contribution is 5.97. The molecule has 1 aliphatic carbocycles. The Balaban J connectivity index is 1.50. The molecule has 156 valence electrons. The van der Waals surface area contributed by atoms with Crippen molar-refractivity contribution in [1.29, 1.82) is 0 Å². The summed E-state index contributed by atoms with van der Waals surface area (Å²) in [6.45, 7) is 0.533. The number of aryl methyl sites for hydroxylation is 1. The number of nitrogens with zero attached hydrogens (tertiary/aromatic N) is 2. The van der Waals surface area contributed by atoms with Gasteiger partial charge in [0, 0.05) is 31.1 Å². The number of carbonyl (C=O) groups is 1. The van der Waals surface area contributed by atoms with Crippen LogP contribution in [0.25, 0.3) is 11.3 Å². The summed E-state index contributed by atoms with van der Waals surface area (Å²) in [5, 5.41) is 7.49. The summed E-state index contributed by atoms with van der Waals surface area (Å²) in [6, 6.07) is 11.8. The molecule has 7 heteroatoms. The molecule has 30 heavy (non-hydrogen) atoms. The van der Waals surface area contributed by atoms with Gasteiger partial charge in [-0.15, -0.1) is 0 Å². The summed E-state index contributed by atoms with van der Waals surface area (Å²) in [7, 11) is 6.74. The summed E-state index contributed by atoms with van der Waals surface area (Å²) in [4.78, 5) is 12.8. The molecule has 0 fully saturated rings. The Hall–Kier alpha value is -3.48. The van der Waals surface area contributed by atoms with E-state index < -0.39 is 0 Å². The molecule has 0 spiro atoms. The molecule has 3 aromatic rings. The van der Waals surface area contributed by atoms with Gasteiger partial charge in [0.1, 0.15) is 5.75 Å². The normalized spacial score (nSPS) is 11.6. The molecule has 0 aliphatic heterocycles. The van der Waals surface area contributed by atoms with Gasteiger partial charge in [0.2, 0.25) is 0 Å². The van der Waals surface area contributed by atoms with E-state index in [0.29, 0.717) is 30.2 Å². The highest BCUT2D eigenvalue weighted by atomic mass is 16.5. The highest BCUT2D eigenvalue weighted by Crippen LogP contribution is 2.43. The van der Waals surface area contributed by atoms with Crippen LogP contribution in [-0.2, 0) is 19.9 Å². The number of ether oxygens (including phenoxy) is 3. The van der Waals surface area contributed by atoms with Crippen molar-refractivity contribution < 1.29 is 19.0 Å². The Morgan fingerprint density at radius 2 is 1.77 bits per heavy atom. The van der Waals surface area contributed by atoms with Gasteiger partial charge in [0.25, 0.3) is 5.91 Å². The first-order valence-corrected chi connectivity index (χ1v) is 9.78. The van der Waals surface area contributed by atoms with Gasteiger partial charge in [0.05, 0.1) is 27.0 Å². The molecule has 2 aromatic carbocycles. The predicted molar refractivity (Wildman–Crippen MR) is 114 cm³/mol. The monoisotopic (exact) mass is 407 g/mol. The second-order valence-electron chi connectivity index (χ2n) is 7.19. The fraction of sp³-hybridized carbons (Fsp3) is 0.304. The summed E-state index contributed by atoms with van der Waals surface area (Å²) in [6.07, 6.45) is 1.37.